The summed E-state index contributed by atoms with van der Waals surface area (Å²) >= 11 is 0. The molecule has 0 saturated heterocycles. The lowest BCUT2D eigenvalue weighted by molar-refractivity contribution is 0.0486. The Bertz CT molecular complexity index is 868. The molecule has 38 heavy (non-hydrogen) atoms. The molecule has 2 rings (SSSR count). The Balaban J connectivity index is 2.74. The van der Waals surface area contributed by atoms with Crippen LogP contribution in [0.3, 0.4) is 0 Å². The minimum absolute atomic E-state index is 0.193. The van der Waals surface area contributed by atoms with E-state index in [-0.39, 0.29) is 13.6 Å². The molecule has 0 saturated carbocycles. The van der Waals surface area contributed by atoms with Gasteiger partial charge in [0.15, 0.2) is 13.6 Å². The quantitative estimate of drug-likeness (QED) is 0.176. The maximum Gasteiger partial charge on any atom is 0.188 e. The Labute approximate surface area is 232 Å². The van der Waals surface area contributed by atoms with Crippen LogP contribution in [0.25, 0.3) is 0 Å². The van der Waals surface area contributed by atoms with Crippen LogP contribution in [-0.2, 0) is 35.2 Å². The van der Waals surface area contributed by atoms with Gasteiger partial charge in [-0.3, -0.25) is 0 Å². The molecule has 0 aromatic heterocycles. The van der Waals surface area contributed by atoms with E-state index < -0.39 is 6.04 Å². The van der Waals surface area contributed by atoms with E-state index in [9.17, 15) is 0 Å². The van der Waals surface area contributed by atoms with Crippen molar-refractivity contribution in [1.29, 1.82) is 0 Å². The first kappa shape index (κ1) is 32.1. The van der Waals surface area contributed by atoms with Crippen LogP contribution < -0.4 is 15.2 Å². The van der Waals surface area contributed by atoms with Gasteiger partial charge in [-0.05, 0) is 73.6 Å². The molecule has 0 amide bonds. The number of benzene rings is 2. The third-order valence-corrected chi connectivity index (χ3v) is 7.06. The summed E-state index contributed by atoms with van der Waals surface area (Å²) in [5, 5.41) is 0. The second kappa shape index (κ2) is 18.3. The zero-order chi connectivity index (χ0) is 27.8. The zero-order valence-corrected chi connectivity index (χ0v) is 25.0. The molecule has 2 aromatic rings. The number of hydrogen-bond acceptors (Lipinski definition) is 5. The lowest BCUT2D eigenvalue weighted by Crippen LogP contribution is -2.19. The molecular weight excluding hydrogens is 474 g/mol. The highest BCUT2D eigenvalue weighted by molar-refractivity contribution is 5.54. The van der Waals surface area contributed by atoms with Gasteiger partial charge in [-0.1, -0.05) is 77.6 Å². The first-order valence-electron chi connectivity index (χ1n) is 14.8. The fourth-order valence-electron chi connectivity index (χ4n) is 4.94. The van der Waals surface area contributed by atoms with Crippen LogP contribution in [0.1, 0.15) is 118 Å². The second-order valence-corrected chi connectivity index (χ2v) is 10.3. The third-order valence-electron chi connectivity index (χ3n) is 7.06. The first-order valence-corrected chi connectivity index (χ1v) is 14.8. The van der Waals surface area contributed by atoms with Gasteiger partial charge in [-0.15, -0.1) is 0 Å². The van der Waals surface area contributed by atoms with Crippen LogP contribution in [0.4, 0.5) is 0 Å². The van der Waals surface area contributed by atoms with Gasteiger partial charge in [0.05, 0.1) is 6.04 Å². The zero-order valence-electron chi connectivity index (χ0n) is 25.0. The van der Waals surface area contributed by atoms with Gasteiger partial charge in [0, 0.05) is 25.3 Å². The number of rotatable bonds is 20. The van der Waals surface area contributed by atoms with E-state index in [0.29, 0.717) is 0 Å². The Hall–Kier alpha value is -2.08. The van der Waals surface area contributed by atoms with Crippen LogP contribution in [0.2, 0.25) is 0 Å². The van der Waals surface area contributed by atoms with Gasteiger partial charge < -0.3 is 24.7 Å². The van der Waals surface area contributed by atoms with Crippen LogP contribution in [0.5, 0.6) is 11.5 Å². The van der Waals surface area contributed by atoms with E-state index in [1.165, 1.54) is 22.3 Å². The predicted octanol–water partition coefficient (Wildman–Crippen LogP) is 8.07. The smallest absolute Gasteiger partial charge is 0.188 e. The number of unbranched alkanes of at least 4 members (excludes halogenated alkanes) is 4. The lowest BCUT2D eigenvalue weighted by atomic mass is 9.88. The minimum atomic E-state index is -0.391. The minimum Gasteiger partial charge on any atom is -0.467 e. The molecule has 5 heteroatoms. The highest BCUT2D eigenvalue weighted by atomic mass is 16.7. The molecule has 0 spiro atoms. The number of hydrogen-bond donors (Lipinski definition) is 1. The molecule has 2 aromatic carbocycles. The van der Waals surface area contributed by atoms with Crippen LogP contribution >= 0.6 is 0 Å². The maximum absolute atomic E-state index is 7.21. The van der Waals surface area contributed by atoms with Crippen LogP contribution in [0.15, 0.2) is 24.3 Å². The van der Waals surface area contributed by atoms with Crippen LogP contribution in [0, 0.1) is 0 Å². The van der Waals surface area contributed by atoms with Crippen molar-refractivity contribution in [1.82, 2.24) is 0 Å². The molecule has 0 aliphatic carbocycles. The van der Waals surface area contributed by atoms with E-state index >= 15 is 0 Å². The summed E-state index contributed by atoms with van der Waals surface area (Å²) in [6, 6.07) is 8.76. The highest BCUT2D eigenvalue weighted by Crippen LogP contribution is 2.40. The fourth-order valence-corrected chi connectivity index (χ4v) is 4.94. The number of ether oxygens (including phenoxy) is 4. The molecule has 2 N–H and O–H groups in total. The maximum atomic E-state index is 7.21. The van der Waals surface area contributed by atoms with Gasteiger partial charge >= 0.3 is 0 Å². The molecule has 0 unspecified atom stereocenters. The summed E-state index contributed by atoms with van der Waals surface area (Å²) in [6.07, 6.45) is 13.0. The van der Waals surface area contributed by atoms with Crippen molar-refractivity contribution >= 4 is 0 Å². The molecule has 0 bridgehead atoms. The second-order valence-electron chi connectivity index (χ2n) is 10.3. The molecule has 0 fully saturated rings. The Morgan fingerprint density at radius 1 is 0.579 bits per heavy atom. The van der Waals surface area contributed by atoms with E-state index in [4.69, 9.17) is 24.7 Å². The highest BCUT2D eigenvalue weighted by Gasteiger charge is 2.24. The van der Waals surface area contributed by atoms with Crippen LogP contribution in [-0.4, -0.2) is 27.8 Å². The summed E-state index contributed by atoms with van der Waals surface area (Å²) < 4.78 is 23.2. The van der Waals surface area contributed by atoms with Crippen molar-refractivity contribution in [3.63, 3.8) is 0 Å². The third kappa shape index (κ3) is 9.59. The largest absolute Gasteiger partial charge is 0.467 e. The summed E-state index contributed by atoms with van der Waals surface area (Å²) in [7, 11) is 3.32. The molecule has 5 nitrogen and oxygen atoms in total. The van der Waals surface area contributed by atoms with Crippen molar-refractivity contribution in [2.75, 3.05) is 27.8 Å². The Kier molecular flexibility index (Phi) is 15.4. The van der Waals surface area contributed by atoms with Crippen molar-refractivity contribution in [3.05, 3.63) is 57.6 Å². The standard InChI is InChI=1S/C33H53NO4/c1-7-11-15-25-19-27(17-13-9-3)32(37-23-35-5)29(21-25)31(34)30-22-26(16-12-8-2)20-28(18-14-10-4)33(30)38-24-36-6/h19-22,31H,7-18,23-24,34H2,1-6H3. The molecule has 0 radical (unpaired) electrons. The molecule has 214 valence electrons. The Morgan fingerprint density at radius 2 is 0.947 bits per heavy atom. The normalized spacial score (nSPS) is 11.4. The van der Waals surface area contributed by atoms with Gasteiger partial charge in [-0.2, -0.15) is 0 Å². The van der Waals surface area contributed by atoms with E-state index in [0.717, 1.165) is 99.7 Å². The molecule has 0 atom stereocenters. The van der Waals surface area contributed by atoms with Crippen molar-refractivity contribution in [2.24, 2.45) is 5.73 Å². The van der Waals surface area contributed by atoms with E-state index in [1.807, 2.05) is 0 Å². The molecular formula is C33H53NO4. The van der Waals surface area contributed by atoms with Gasteiger partial charge in [-0.25, -0.2) is 0 Å². The van der Waals surface area contributed by atoms with Crippen molar-refractivity contribution in [3.8, 4) is 11.5 Å². The first-order chi connectivity index (χ1) is 18.5. The summed E-state index contributed by atoms with van der Waals surface area (Å²) in [6.45, 7) is 9.31. The summed E-state index contributed by atoms with van der Waals surface area (Å²) in [5.74, 6) is 1.72. The van der Waals surface area contributed by atoms with E-state index in [2.05, 4.69) is 52.0 Å². The topological polar surface area (TPSA) is 62.9 Å². The molecule has 0 aliphatic rings. The predicted molar refractivity (Wildman–Crippen MR) is 158 cm³/mol. The van der Waals surface area contributed by atoms with Crippen molar-refractivity contribution in [2.45, 2.75) is 111 Å². The average Bonchev–Trinajstić information content (AvgIpc) is 2.94. The van der Waals surface area contributed by atoms with E-state index in [1.54, 1.807) is 14.2 Å². The Morgan fingerprint density at radius 3 is 1.29 bits per heavy atom. The SMILES string of the molecule is CCCCc1cc(CCCC)c(OCOC)c(C(N)c2cc(CCCC)cc(CCCC)c2OCOC)c1. The summed E-state index contributed by atoms with van der Waals surface area (Å²) in [4.78, 5) is 0. The van der Waals surface area contributed by atoms with Crippen molar-refractivity contribution < 1.29 is 18.9 Å². The molecule has 0 heterocycles. The van der Waals surface area contributed by atoms with Gasteiger partial charge in [0.2, 0.25) is 0 Å². The molecule has 0 aliphatic heterocycles. The fraction of sp³-hybridized carbons (Fsp3) is 0.636. The summed E-state index contributed by atoms with van der Waals surface area (Å²) in [5.41, 5.74) is 14.3. The number of aryl methyl sites for hydroxylation is 4. The lowest BCUT2D eigenvalue weighted by Gasteiger charge is -2.25. The van der Waals surface area contributed by atoms with Gasteiger partial charge in [0.1, 0.15) is 11.5 Å². The average molecular weight is 528 g/mol. The monoisotopic (exact) mass is 527 g/mol. The number of nitrogens with two attached hydrogens (primary N) is 1. The van der Waals surface area contributed by atoms with Gasteiger partial charge in [0.25, 0.3) is 0 Å². The number of methoxy groups -OCH3 is 2.